The van der Waals surface area contributed by atoms with Gasteiger partial charge in [0.25, 0.3) is 0 Å². The van der Waals surface area contributed by atoms with Crippen molar-refractivity contribution >= 4 is 0 Å². The molecule has 18 heavy (non-hydrogen) atoms. The maximum absolute atomic E-state index is 9.74. The van der Waals surface area contributed by atoms with Crippen molar-refractivity contribution in [2.45, 2.75) is 30.7 Å². The molecule has 6 nitrogen and oxygen atoms in total. The summed E-state index contributed by atoms with van der Waals surface area (Å²) in [5.41, 5.74) is 0. The van der Waals surface area contributed by atoms with E-state index < -0.39 is 37.3 Å². The van der Waals surface area contributed by atoms with Crippen LogP contribution < -0.4 is 4.74 Å². The Morgan fingerprint density at radius 2 is 1.67 bits per heavy atom. The molecule has 1 saturated heterocycles. The Kier molecular flexibility index (Phi) is 4.15. The SMILES string of the molecule is OC[C@H]1O[C@@H](Oc2ccccc2)[C@@H](O)[C@H](O)[C@@H]1O. The molecule has 1 aromatic carbocycles. The summed E-state index contributed by atoms with van der Waals surface area (Å²) in [4.78, 5) is 0. The molecule has 1 aliphatic heterocycles. The van der Waals surface area contributed by atoms with Gasteiger partial charge in [-0.2, -0.15) is 0 Å². The zero-order valence-corrected chi connectivity index (χ0v) is 9.59. The van der Waals surface area contributed by atoms with Crippen LogP contribution in [0.25, 0.3) is 0 Å². The van der Waals surface area contributed by atoms with Gasteiger partial charge in [-0.25, -0.2) is 0 Å². The minimum atomic E-state index is -1.43. The van der Waals surface area contributed by atoms with Crippen LogP contribution in [0.2, 0.25) is 0 Å². The molecule has 0 saturated carbocycles. The fourth-order valence-electron chi connectivity index (χ4n) is 1.80. The minimum absolute atomic E-state index is 0.460. The first kappa shape index (κ1) is 13.3. The molecule has 0 radical (unpaired) electrons. The van der Waals surface area contributed by atoms with Gasteiger partial charge in [-0.1, -0.05) is 18.2 Å². The highest BCUT2D eigenvalue weighted by molar-refractivity contribution is 5.21. The summed E-state index contributed by atoms with van der Waals surface area (Å²) in [5.74, 6) is 0.460. The van der Waals surface area contributed by atoms with E-state index in [1.54, 1.807) is 30.3 Å². The second kappa shape index (κ2) is 5.64. The van der Waals surface area contributed by atoms with Gasteiger partial charge in [-0.3, -0.25) is 0 Å². The molecule has 5 atom stereocenters. The number of ether oxygens (including phenoxy) is 2. The number of benzene rings is 1. The van der Waals surface area contributed by atoms with E-state index in [2.05, 4.69) is 0 Å². The number of aliphatic hydroxyl groups is 4. The van der Waals surface area contributed by atoms with Crippen LogP contribution in [-0.4, -0.2) is 57.7 Å². The number of para-hydroxylation sites is 1. The predicted octanol–water partition coefficient (Wildman–Crippen LogP) is -1.13. The zero-order chi connectivity index (χ0) is 13.1. The monoisotopic (exact) mass is 256 g/mol. The van der Waals surface area contributed by atoms with Crippen LogP contribution in [0, 0.1) is 0 Å². The number of hydrogen-bond acceptors (Lipinski definition) is 6. The molecule has 1 fully saturated rings. The van der Waals surface area contributed by atoms with E-state index in [0.29, 0.717) is 5.75 Å². The molecular weight excluding hydrogens is 240 g/mol. The Hall–Kier alpha value is -1.18. The van der Waals surface area contributed by atoms with E-state index in [1.165, 1.54) is 0 Å². The van der Waals surface area contributed by atoms with Crippen LogP contribution in [0.3, 0.4) is 0 Å². The molecule has 0 aromatic heterocycles. The first-order valence-corrected chi connectivity index (χ1v) is 5.65. The molecule has 1 aliphatic rings. The minimum Gasteiger partial charge on any atom is -0.462 e. The predicted molar refractivity (Wildman–Crippen MR) is 60.8 cm³/mol. The molecule has 100 valence electrons. The third-order valence-electron chi connectivity index (χ3n) is 2.84. The van der Waals surface area contributed by atoms with Crippen LogP contribution >= 0.6 is 0 Å². The van der Waals surface area contributed by atoms with Gasteiger partial charge >= 0.3 is 0 Å². The van der Waals surface area contributed by atoms with Gasteiger partial charge < -0.3 is 29.9 Å². The second-order valence-corrected chi connectivity index (χ2v) is 4.13. The van der Waals surface area contributed by atoms with Crippen LogP contribution in [0.1, 0.15) is 0 Å². The Labute approximate surface area is 104 Å². The average molecular weight is 256 g/mol. The van der Waals surface area contributed by atoms with Crippen molar-refractivity contribution in [3.8, 4) is 5.75 Å². The molecule has 0 spiro atoms. The van der Waals surface area contributed by atoms with Gasteiger partial charge in [-0.15, -0.1) is 0 Å². The van der Waals surface area contributed by atoms with Crippen molar-refractivity contribution in [3.63, 3.8) is 0 Å². The lowest BCUT2D eigenvalue weighted by molar-refractivity contribution is -0.277. The summed E-state index contributed by atoms with van der Waals surface area (Å²) in [7, 11) is 0. The number of hydrogen-bond donors (Lipinski definition) is 4. The van der Waals surface area contributed by atoms with E-state index in [9.17, 15) is 15.3 Å². The van der Waals surface area contributed by atoms with Crippen molar-refractivity contribution in [2.24, 2.45) is 0 Å². The highest BCUT2D eigenvalue weighted by Gasteiger charge is 2.44. The normalized spacial score (nSPS) is 36.3. The van der Waals surface area contributed by atoms with Gasteiger partial charge in [0.15, 0.2) is 0 Å². The number of rotatable bonds is 3. The zero-order valence-electron chi connectivity index (χ0n) is 9.59. The van der Waals surface area contributed by atoms with Crippen molar-refractivity contribution in [1.29, 1.82) is 0 Å². The summed E-state index contributed by atoms with van der Waals surface area (Å²) >= 11 is 0. The van der Waals surface area contributed by atoms with Gasteiger partial charge in [-0.05, 0) is 12.1 Å². The van der Waals surface area contributed by atoms with E-state index >= 15 is 0 Å². The molecular formula is C12H16O6. The molecule has 0 amide bonds. The Morgan fingerprint density at radius 3 is 2.28 bits per heavy atom. The topological polar surface area (TPSA) is 99.4 Å². The summed E-state index contributed by atoms with van der Waals surface area (Å²) in [6.45, 7) is -0.473. The summed E-state index contributed by atoms with van der Waals surface area (Å²) < 4.78 is 10.6. The summed E-state index contributed by atoms with van der Waals surface area (Å²) in [6.07, 6.45) is -6.28. The van der Waals surface area contributed by atoms with Crippen molar-refractivity contribution in [2.75, 3.05) is 6.61 Å². The molecule has 1 aromatic rings. The van der Waals surface area contributed by atoms with Gasteiger partial charge in [0.05, 0.1) is 6.61 Å². The molecule has 0 unspecified atom stereocenters. The average Bonchev–Trinajstić information content (AvgIpc) is 2.40. The van der Waals surface area contributed by atoms with Gasteiger partial charge in [0, 0.05) is 0 Å². The standard InChI is InChI=1S/C12H16O6/c13-6-8-9(14)10(15)11(16)12(18-8)17-7-4-2-1-3-5-7/h1-5,8-16H,6H2/t8-,9-,10-,11+,12-/m1/s1. The van der Waals surface area contributed by atoms with Crippen molar-refractivity contribution in [1.82, 2.24) is 0 Å². The third kappa shape index (κ3) is 2.63. The third-order valence-corrected chi connectivity index (χ3v) is 2.84. The van der Waals surface area contributed by atoms with Gasteiger partial charge in [0.2, 0.25) is 6.29 Å². The lowest BCUT2D eigenvalue weighted by Crippen LogP contribution is -2.60. The smallest absolute Gasteiger partial charge is 0.229 e. The van der Waals surface area contributed by atoms with Gasteiger partial charge in [0.1, 0.15) is 30.2 Å². The van der Waals surface area contributed by atoms with Crippen LogP contribution in [-0.2, 0) is 4.74 Å². The number of aliphatic hydroxyl groups excluding tert-OH is 4. The highest BCUT2D eigenvalue weighted by atomic mass is 16.7. The first-order chi connectivity index (χ1) is 8.63. The quantitative estimate of drug-likeness (QED) is 0.546. The van der Waals surface area contributed by atoms with E-state index in [4.69, 9.17) is 14.6 Å². The first-order valence-electron chi connectivity index (χ1n) is 5.65. The van der Waals surface area contributed by atoms with E-state index in [0.717, 1.165) is 0 Å². The van der Waals surface area contributed by atoms with Crippen molar-refractivity contribution in [3.05, 3.63) is 30.3 Å². The largest absolute Gasteiger partial charge is 0.462 e. The summed E-state index contributed by atoms with van der Waals surface area (Å²) in [6, 6.07) is 8.64. The fourth-order valence-corrected chi connectivity index (χ4v) is 1.80. The van der Waals surface area contributed by atoms with E-state index in [1.807, 2.05) is 0 Å². The van der Waals surface area contributed by atoms with Crippen LogP contribution in [0.15, 0.2) is 30.3 Å². The molecule has 0 aliphatic carbocycles. The molecule has 2 rings (SSSR count). The van der Waals surface area contributed by atoms with Crippen molar-refractivity contribution < 1.29 is 29.9 Å². The van der Waals surface area contributed by atoms with Crippen LogP contribution in [0.4, 0.5) is 0 Å². The lowest BCUT2D eigenvalue weighted by atomic mass is 9.99. The Bertz CT molecular complexity index is 368. The van der Waals surface area contributed by atoms with E-state index in [-0.39, 0.29) is 0 Å². The Morgan fingerprint density at radius 1 is 1.00 bits per heavy atom. The molecule has 1 heterocycles. The molecule has 4 N–H and O–H groups in total. The maximum atomic E-state index is 9.74. The fraction of sp³-hybridized carbons (Fsp3) is 0.500. The lowest BCUT2D eigenvalue weighted by Gasteiger charge is -2.39. The second-order valence-electron chi connectivity index (χ2n) is 4.13. The molecule has 6 heteroatoms. The van der Waals surface area contributed by atoms with Crippen LogP contribution in [0.5, 0.6) is 5.75 Å². The maximum Gasteiger partial charge on any atom is 0.229 e. The highest BCUT2D eigenvalue weighted by Crippen LogP contribution is 2.23. The Balaban J connectivity index is 2.08. The summed E-state index contributed by atoms with van der Waals surface area (Å²) in [5, 5.41) is 37.9. The molecule has 0 bridgehead atoms.